The summed E-state index contributed by atoms with van der Waals surface area (Å²) in [6.07, 6.45) is -0.372. The van der Waals surface area contributed by atoms with Crippen molar-refractivity contribution in [3.63, 3.8) is 0 Å². The lowest BCUT2D eigenvalue weighted by Gasteiger charge is -2.16. The lowest BCUT2D eigenvalue weighted by molar-refractivity contribution is -0.143. The maximum Gasteiger partial charge on any atom is 0.313 e. The van der Waals surface area contributed by atoms with Gasteiger partial charge in [-0.1, -0.05) is 25.1 Å². The first kappa shape index (κ1) is 18.2. The van der Waals surface area contributed by atoms with Gasteiger partial charge in [0.1, 0.15) is 12.2 Å². The third-order valence-corrected chi connectivity index (χ3v) is 4.76. The van der Waals surface area contributed by atoms with E-state index in [1.54, 1.807) is 25.1 Å². The molecule has 0 fully saturated rings. The number of esters is 1. The fraction of sp³-hybridized carbons (Fsp3) is 0.467. The maximum atomic E-state index is 12.1. The van der Waals surface area contributed by atoms with Crippen LogP contribution in [-0.4, -0.2) is 32.5 Å². The van der Waals surface area contributed by atoms with Crippen LogP contribution in [0.4, 0.5) is 0 Å². The summed E-state index contributed by atoms with van der Waals surface area (Å²) in [5.41, 5.74) is 0.417. The van der Waals surface area contributed by atoms with Crippen LogP contribution in [0.25, 0.3) is 0 Å². The molecule has 0 saturated heterocycles. The Bertz CT molecular complexity index is 648. The Labute approximate surface area is 130 Å². The zero-order valence-electron chi connectivity index (χ0n) is 13.0. The highest BCUT2D eigenvalue weighted by Gasteiger charge is 2.25. The highest BCUT2D eigenvalue weighted by molar-refractivity contribution is 7.87. The summed E-state index contributed by atoms with van der Waals surface area (Å²) in [6.45, 7) is 4.60. The SMILES string of the molecule is COC(=O)CC(=O)C(C)c1ccccc1OS(=O)(=O)C(C)C. The summed E-state index contributed by atoms with van der Waals surface area (Å²) in [5, 5.41) is -0.707. The number of ketones is 1. The van der Waals surface area contributed by atoms with E-state index >= 15 is 0 Å². The molecular weight excluding hydrogens is 308 g/mol. The molecule has 22 heavy (non-hydrogen) atoms. The van der Waals surface area contributed by atoms with Gasteiger partial charge < -0.3 is 8.92 Å². The normalized spacial score (nSPS) is 12.8. The zero-order chi connectivity index (χ0) is 16.9. The first-order valence-corrected chi connectivity index (χ1v) is 8.28. The van der Waals surface area contributed by atoms with Crippen molar-refractivity contribution >= 4 is 21.9 Å². The van der Waals surface area contributed by atoms with E-state index in [0.717, 1.165) is 0 Å². The Hall–Kier alpha value is -1.89. The van der Waals surface area contributed by atoms with Crippen LogP contribution < -0.4 is 4.18 Å². The molecule has 0 amide bonds. The fourth-order valence-corrected chi connectivity index (χ4v) is 2.27. The van der Waals surface area contributed by atoms with Crippen molar-refractivity contribution in [3.05, 3.63) is 29.8 Å². The number of hydrogen-bond donors (Lipinski definition) is 0. The number of ether oxygens (including phenoxy) is 1. The molecule has 1 unspecified atom stereocenters. The lowest BCUT2D eigenvalue weighted by atomic mass is 9.94. The van der Waals surface area contributed by atoms with Crippen LogP contribution in [0.15, 0.2) is 24.3 Å². The quantitative estimate of drug-likeness (QED) is 0.432. The number of Topliss-reactive ketones (excluding diaryl/α,β-unsaturated/α-hetero) is 1. The molecule has 6 nitrogen and oxygen atoms in total. The number of carbonyl (C=O) groups excluding carboxylic acids is 2. The highest BCUT2D eigenvalue weighted by atomic mass is 32.2. The summed E-state index contributed by atoms with van der Waals surface area (Å²) >= 11 is 0. The molecule has 0 aliphatic carbocycles. The van der Waals surface area contributed by atoms with E-state index in [1.807, 2.05) is 0 Å². The van der Waals surface area contributed by atoms with Crippen LogP contribution in [-0.2, 0) is 24.4 Å². The van der Waals surface area contributed by atoms with Gasteiger partial charge in [-0.2, -0.15) is 8.42 Å². The standard InChI is InChI=1S/C15H20O6S/c1-10(2)22(18,19)21-14-8-6-5-7-12(14)11(3)13(16)9-15(17)20-4/h5-8,10-11H,9H2,1-4H3. The molecule has 0 spiro atoms. The van der Waals surface area contributed by atoms with Crippen molar-refractivity contribution in [2.75, 3.05) is 7.11 Å². The highest BCUT2D eigenvalue weighted by Crippen LogP contribution is 2.29. The van der Waals surface area contributed by atoms with Crippen molar-refractivity contribution < 1.29 is 26.9 Å². The molecule has 122 valence electrons. The summed E-state index contributed by atoms with van der Waals surface area (Å²) in [4.78, 5) is 23.2. The van der Waals surface area contributed by atoms with E-state index in [-0.39, 0.29) is 18.0 Å². The Morgan fingerprint density at radius 3 is 2.27 bits per heavy atom. The second-order valence-corrected chi connectivity index (χ2v) is 7.20. The molecule has 0 saturated carbocycles. The van der Waals surface area contributed by atoms with Crippen molar-refractivity contribution in [1.82, 2.24) is 0 Å². The molecule has 0 aliphatic heterocycles. The molecule has 1 aromatic rings. The van der Waals surface area contributed by atoms with Gasteiger partial charge in [0.2, 0.25) is 0 Å². The van der Waals surface area contributed by atoms with Crippen molar-refractivity contribution in [3.8, 4) is 5.75 Å². The minimum atomic E-state index is -3.76. The van der Waals surface area contributed by atoms with Crippen LogP contribution in [0, 0.1) is 0 Å². The Kier molecular flexibility index (Phi) is 6.11. The average Bonchev–Trinajstić information content (AvgIpc) is 2.46. The lowest BCUT2D eigenvalue weighted by Crippen LogP contribution is -2.22. The summed E-state index contributed by atoms with van der Waals surface area (Å²) in [6, 6.07) is 6.38. The van der Waals surface area contributed by atoms with Crippen LogP contribution in [0.2, 0.25) is 0 Å². The number of benzene rings is 1. The Balaban J connectivity index is 3.06. The summed E-state index contributed by atoms with van der Waals surface area (Å²) in [5.74, 6) is -1.59. The van der Waals surface area contributed by atoms with Crippen molar-refractivity contribution in [2.45, 2.75) is 38.4 Å². The topological polar surface area (TPSA) is 86.7 Å². The van der Waals surface area contributed by atoms with Gasteiger partial charge in [0.25, 0.3) is 0 Å². The predicted molar refractivity (Wildman–Crippen MR) is 81.2 cm³/mol. The second-order valence-electron chi connectivity index (χ2n) is 5.10. The number of para-hydroxylation sites is 1. The van der Waals surface area contributed by atoms with Crippen molar-refractivity contribution in [1.29, 1.82) is 0 Å². The molecule has 0 heterocycles. The van der Waals surface area contributed by atoms with Gasteiger partial charge in [-0.05, 0) is 19.9 Å². The van der Waals surface area contributed by atoms with Crippen molar-refractivity contribution in [2.24, 2.45) is 0 Å². The number of methoxy groups -OCH3 is 1. The molecular formula is C15H20O6S. The van der Waals surface area contributed by atoms with Crippen LogP contribution in [0.3, 0.4) is 0 Å². The first-order valence-electron chi connectivity index (χ1n) is 6.80. The molecule has 7 heteroatoms. The van der Waals surface area contributed by atoms with E-state index in [2.05, 4.69) is 4.74 Å². The second kappa shape index (κ2) is 7.40. The molecule has 0 N–H and O–H groups in total. The summed E-state index contributed by atoms with van der Waals surface area (Å²) < 4.78 is 33.3. The van der Waals surface area contributed by atoms with Crippen LogP contribution in [0.1, 0.15) is 38.7 Å². The van der Waals surface area contributed by atoms with E-state index in [9.17, 15) is 18.0 Å². The smallest absolute Gasteiger partial charge is 0.313 e. The van der Waals surface area contributed by atoms with Gasteiger partial charge >= 0.3 is 16.1 Å². The molecule has 0 aromatic heterocycles. The van der Waals surface area contributed by atoms with Gasteiger partial charge in [-0.25, -0.2) is 0 Å². The average molecular weight is 328 g/mol. The fourth-order valence-electron chi connectivity index (χ4n) is 1.68. The minimum Gasteiger partial charge on any atom is -0.469 e. The number of carbonyl (C=O) groups is 2. The van der Waals surface area contributed by atoms with Gasteiger partial charge in [-0.15, -0.1) is 0 Å². The minimum absolute atomic E-state index is 0.0990. The van der Waals surface area contributed by atoms with Gasteiger partial charge in [0.15, 0.2) is 5.78 Å². The zero-order valence-corrected chi connectivity index (χ0v) is 13.8. The Morgan fingerprint density at radius 1 is 1.14 bits per heavy atom. The summed E-state index contributed by atoms with van der Waals surface area (Å²) in [7, 11) is -2.56. The van der Waals surface area contributed by atoms with Gasteiger partial charge in [-0.3, -0.25) is 9.59 Å². The van der Waals surface area contributed by atoms with Crippen LogP contribution in [0.5, 0.6) is 5.75 Å². The first-order chi connectivity index (χ1) is 10.2. The third kappa shape index (κ3) is 4.56. The number of hydrogen-bond acceptors (Lipinski definition) is 6. The largest absolute Gasteiger partial charge is 0.469 e. The molecule has 1 aromatic carbocycles. The maximum absolute atomic E-state index is 12.1. The number of rotatable bonds is 7. The molecule has 0 aliphatic rings. The van der Waals surface area contributed by atoms with E-state index in [0.29, 0.717) is 5.56 Å². The Morgan fingerprint density at radius 2 is 1.73 bits per heavy atom. The van der Waals surface area contributed by atoms with Gasteiger partial charge in [0, 0.05) is 11.5 Å². The molecule has 0 bridgehead atoms. The predicted octanol–water partition coefficient (Wildman–Crippen LogP) is 2.04. The monoisotopic (exact) mass is 328 g/mol. The third-order valence-electron chi connectivity index (χ3n) is 3.20. The molecule has 1 atom stereocenters. The van der Waals surface area contributed by atoms with E-state index < -0.39 is 27.3 Å². The molecule has 1 rings (SSSR count). The van der Waals surface area contributed by atoms with Crippen LogP contribution >= 0.6 is 0 Å². The van der Waals surface area contributed by atoms with E-state index in [4.69, 9.17) is 4.18 Å². The van der Waals surface area contributed by atoms with Gasteiger partial charge in [0.05, 0.1) is 12.4 Å². The van der Waals surface area contributed by atoms with E-state index in [1.165, 1.54) is 27.0 Å². The molecule has 0 radical (unpaired) electrons.